The Morgan fingerprint density at radius 2 is 1.62 bits per heavy atom. The molecule has 4 heterocycles. The molecular weight excluding hydrogens is 539 g/mol. The summed E-state index contributed by atoms with van der Waals surface area (Å²) in [4.78, 5) is 20.5. The molecule has 228 valence electrons. The highest BCUT2D eigenvalue weighted by atomic mass is 19.4. The van der Waals surface area contributed by atoms with E-state index in [2.05, 4.69) is 57.5 Å². The Kier molecular flexibility index (Phi) is 8.45. The second kappa shape index (κ2) is 12.1. The van der Waals surface area contributed by atoms with Crippen molar-refractivity contribution >= 4 is 11.6 Å². The molecule has 8 heteroatoms. The van der Waals surface area contributed by atoms with Gasteiger partial charge in [0.05, 0.1) is 0 Å². The fourth-order valence-corrected chi connectivity index (χ4v) is 8.18. The summed E-state index contributed by atoms with van der Waals surface area (Å²) in [7, 11) is 0. The molecule has 2 aromatic carbocycles. The van der Waals surface area contributed by atoms with Crippen molar-refractivity contribution < 1.29 is 22.7 Å². The minimum atomic E-state index is -4.66. The third-order valence-electron chi connectivity index (χ3n) is 10.3. The fraction of sp³-hybridized carbons (Fsp3) is 0.618. The molecule has 0 aromatic heterocycles. The predicted molar refractivity (Wildman–Crippen MR) is 158 cm³/mol. The number of amides is 1. The lowest BCUT2D eigenvalue weighted by Gasteiger charge is -2.46. The SMILES string of the molecule is CC(C)[C@H]1CC2CCC3[C@H](CCC(=O)N31)CN(Cc1ccc(N3CCC(c4ccc(OC(F)(F)F)cc4)CC3)cc1)C2. The average Bonchev–Trinajstić information content (AvgIpc) is 3.12. The van der Waals surface area contributed by atoms with Crippen LogP contribution in [0.4, 0.5) is 18.9 Å². The van der Waals surface area contributed by atoms with Crippen molar-refractivity contribution in [3.05, 3.63) is 59.7 Å². The van der Waals surface area contributed by atoms with Crippen LogP contribution >= 0.6 is 0 Å². The summed E-state index contributed by atoms with van der Waals surface area (Å²) in [5.41, 5.74) is 3.65. The lowest BCUT2D eigenvalue weighted by Crippen LogP contribution is -2.55. The molecule has 6 rings (SSSR count). The second-order valence-corrected chi connectivity index (χ2v) is 13.4. The van der Waals surface area contributed by atoms with Crippen LogP contribution in [0.15, 0.2) is 48.5 Å². The van der Waals surface area contributed by atoms with Crippen LogP contribution < -0.4 is 9.64 Å². The van der Waals surface area contributed by atoms with E-state index in [9.17, 15) is 18.0 Å². The Bertz CT molecular complexity index is 1210. The maximum Gasteiger partial charge on any atom is 0.573 e. The molecule has 2 bridgehead atoms. The van der Waals surface area contributed by atoms with E-state index in [0.717, 1.165) is 64.0 Å². The molecule has 2 aromatic rings. The highest BCUT2D eigenvalue weighted by Crippen LogP contribution is 2.41. The van der Waals surface area contributed by atoms with Gasteiger partial charge in [-0.2, -0.15) is 0 Å². The molecule has 0 N–H and O–H groups in total. The summed E-state index contributed by atoms with van der Waals surface area (Å²) in [6.07, 6.45) is 2.52. The first kappa shape index (κ1) is 29.3. The molecule has 2 unspecified atom stereocenters. The van der Waals surface area contributed by atoms with Crippen molar-refractivity contribution in [1.82, 2.24) is 9.80 Å². The number of carbonyl (C=O) groups is 1. The van der Waals surface area contributed by atoms with Crippen molar-refractivity contribution in [2.45, 2.75) is 89.7 Å². The van der Waals surface area contributed by atoms with Gasteiger partial charge in [0.1, 0.15) is 5.75 Å². The third kappa shape index (κ3) is 6.58. The van der Waals surface area contributed by atoms with Crippen LogP contribution in [0.25, 0.3) is 0 Å². The summed E-state index contributed by atoms with van der Waals surface area (Å²) in [5, 5.41) is 0. The van der Waals surface area contributed by atoms with E-state index in [-0.39, 0.29) is 5.75 Å². The molecule has 0 radical (unpaired) electrons. The summed E-state index contributed by atoms with van der Waals surface area (Å²) < 4.78 is 41.4. The maximum atomic E-state index is 13.0. The summed E-state index contributed by atoms with van der Waals surface area (Å²) in [6.45, 7) is 9.57. The van der Waals surface area contributed by atoms with Crippen LogP contribution in [0.1, 0.15) is 75.8 Å². The van der Waals surface area contributed by atoms with Gasteiger partial charge in [-0.25, -0.2) is 0 Å². The number of rotatable bonds is 6. The number of hydrogen-bond acceptors (Lipinski definition) is 4. The van der Waals surface area contributed by atoms with E-state index >= 15 is 0 Å². The quantitative estimate of drug-likeness (QED) is 0.360. The van der Waals surface area contributed by atoms with Crippen LogP contribution in [0, 0.1) is 17.8 Å². The topological polar surface area (TPSA) is 36.0 Å². The summed E-state index contributed by atoms with van der Waals surface area (Å²) >= 11 is 0. The number of nitrogens with zero attached hydrogens (tertiary/aromatic N) is 3. The molecule has 4 saturated heterocycles. The van der Waals surface area contributed by atoms with Gasteiger partial charge >= 0.3 is 6.36 Å². The molecule has 0 aliphatic carbocycles. The number of carbonyl (C=O) groups excluding carboxylic acids is 1. The fourth-order valence-electron chi connectivity index (χ4n) is 8.18. The molecule has 0 spiro atoms. The summed E-state index contributed by atoms with van der Waals surface area (Å²) in [5.74, 6) is 2.27. The Balaban J connectivity index is 1.05. The van der Waals surface area contributed by atoms with Crippen LogP contribution in [0.2, 0.25) is 0 Å². The van der Waals surface area contributed by atoms with Crippen LogP contribution in [-0.4, -0.2) is 60.3 Å². The van der Waals surface area contributed by atoms with Crippen molar-refractivity contribution in [2.75, 3.05) is 31.1 Å². The first-order valence-electron chi connectivity index (χ1n) is 15.9. The molecule has 4 fully saturated rings. The van der Waals surface area contributed by atoms with Gasteiger partial charge < -0.3 is 14.5 Å². The number of benzene rings is 2. The van der Waals surface area contributed by atoms with Gasteiger partial charge in [-0.05, 0) is 97.6 Å². The van der Waals surface area contributed by atoms with Gasteiger partial charge in [0.25, 0.3) is 0 Å². The smallest absolute Gasteiger partial charge is 0.406 e. The number of halogens is 3. The van der Waals surface area contributed by atoms with Crippen LogP contribution in [0.3, 0.4) is 0 Å². The highest BCUT2D eigenvalue weighted by molar-refractivity contribution is 5.78. The van der Waals surface area contributed by atoms with Gasteiger partial charge in [0.15, 0.2) is 0 Å². The minimum absolute atomic E-state index is 0.168. The Hall–Kier alpha value is -2.74. The number of hydrogen-bond donors (Lipinski definition) is 0. The van der Waals surface area contributed by atoms with Crippen LogP contribution in [0.5, 0.6) is 5.75 Å². The number of likely N-dealkylation sites (tertiary alicyclic amines) is 1. The Labute approximate surface area is 248 Å². The monoisotopic (exact) mass is 583 g/mol. The number of anilines is 1. The van der Waals surface area contributed by atoms with Gasteiger partial charge in [0, 0.05) is 56.9 Å². The predicted octanol–water partition coefficient (Wildman–Crippen LogP) is 7.22. The van der Waals surface area contributed by atoms with Gasteiger partial charge in [-0.1, -0.05) is 38.1 Å². The van der Waals surface area contributed by atoms with Crippen molar-refractivity contribution in [2.24, 2.45) is 17.8 Å². The van der Waals surface area contributed by atoms with E-state index in [1.165, 1.54) is 36.2 Å². The molecule has 0 saturated carbocycles. The zero-order chi connectivity index (χ0) is 29.4. The highest BCUT2D eigenvalue weighted by Gasteiger charge is 2.45. The molecule has 42 heavy (non-hydrogen) atoms. The Morgan fingerprint density at radius 3 is 2.29 bits per heavy atom. The first-order valence-corrected chi connectivity index (χ1v) is 15.9. The molecule has 4 aliphatic rings. The normalized spacial score (nSPS) is 27.6. The van der Waals surface area contributed by atoms with Crippen molar-refractivity contribution in [3.63, 3.8) is 0 Å². The number of fused-ring (bicyclic) bond motifs is 2. The second-order valence-electron chi connectivity index (χ2n) is 13.4. The van der Waals surface area contributed by atoms with Gasteiger partial charge in [-0.15, -0.1) is 13.2 Å². The Morgan fingerprint density at radius 1 is 0.905 bits per heavy atom. The van der Waals surface area contributed by atoms with Gasteiger partial charge in [-0.3, -0.25) is 9.69 Å². The standard InChI is InChI=1S/C34H44F3N3O2/c1-23(2)32-19-25-5-13-31-28(8-14-33(41)40(31)32)22-38(21-25)20-24-3-9-29(10-4-24)39-17-15-27(16-18-39)26-6-11-30(12-7-26)42-34(35,36)37/h3-4,6-7,9-12,23,25,27-28,31-32H,5,8,13-22H2,1-2H3/t25?,28-,31?,32-/m1/s1. The van der Waals surface area contributed by atoms with Gasteiger partial charge in [0.2, 0.25) is 5.91 Å². The number of alkyl halides is 3. The minimum Gasteiger partial charge on any atom is -0.406 e. The van der Waals surface area contributed by atoms with Crippen LogP contribution in [-0.2, 0) is 11.3 Å². The van der Waals surface area contributed by atoms with E-state index in [1.807, 2.05) is 0 Å². The largest absolute Gasteiger partial charge is 0.573 e. The molecule has 1 amide bonds. The third-order valence-corrected chi connectivity index (χ3v) is 10.3. The van der Waals surface area contributed by atoms with Crippen molar-refractivity contribution in [3.8, 4) is 5.75 Å². The van der Waals surface area contributed by atoms with E-state index in [0.29, 0.717) is 48.1 Å². The zero-order valence-corrected chi connectivity index (χ0v) is 24.9. The van der Waals surface area contributed by atoms with E-state index in [4.69, 9.17) is 0 Å². The maximum absolute atomic E-state index is 13.0. The zero-order valence-electron chi connectivity index (χ0n) is 24.9. The first-order chi connectivity index (χ1) is 20.1. The molecule has 5 nitrogen and oxygen atoms in total. The lowest BCUT2D eigenvalue weighted by atomic mass is 9.83. The summed E-state index contributed by atoms with van der Waals surface area (Å²) in [6, 6.07) is 16.2. The molecule has 4 atom stereocenters. The molecular formula is C34H44F3N3O2. The number of ether oxygens (including phenoxy) is 1. The van der Waals surface area contributed by atoms with Crippen molar-refractivity contribution in [1.29, 1.82) is 0 Å². The van der Waals surface area contributed by atoms with E-state index in [1.54, 1.807) is 12.1 Å². The van der Waals surface area contributed by atoms with E-state index < -0.39 is 6.36 Å². The average molecular weight is 584 g/mol. The molecule has 4 aliphatic heterocycles. The number of piperidine rings is 2. The lowest BCUT2D eigenvalue weighted by molar-refractivity contribution is -0.274.